The van der Waals surface area contributed by atoms with Gasteiger partial charge in [-0.25, -0.2) is 13.6 Å². The highest BCUT2D eigenvalue weighted by atomic mass is 19.3. The molecule has 2 heterocycles. The Hall–Kier alpha value is -3.88. The van der Waals surface area contributed by atoms with Gasteiger partial charge in [0.1, 0.15) is 11.4 Å². The number of aromatic carboxylic acids is 1. The fraction of sp³-hybridized carbons (Fsp3) is 0.250. The molecule has 4 aromatic rings. The zero-order valence-corrected chi connectivity index (χ0v) is 17.7. The Morgan fingerprint density at radius 2 is 1.91 bits per heavy atom. The molecular formula is C24H20F2N4O3. The SMILES string of the molecule is Cc1ccccc1C1(c2noc(-c3cc(C(F)F)nn3Cc3ccc(C(=O)O)cc3)n2)CC1. The molecule has 2 aromatic heterocycles. The van der Waals surface area contributed by atoms with Crippen LogP contribution >= 0.6 is 0 Å². The Balaban J connectivity index is 1.49. The summed E-state index contributed by atoms with van der Waals surface area (Å²) in [7, 11) is 0. The molecule has 0 atom stereocenters. The van der Waals surface area contributed by atoms with Crippen molar-refractivity contribution in [3.05, 3.63) is 88.4 Å². The fourth-order valence-corrected chi connectivity index (χ4v) is 4.13. The molecule has 7 nitrogen and oxygen atoms in total. The minimum Gasteiger partial charge on any atom is -0.478 e. The topological polar surface area (TPSA) is 94.0 Å². The first kappa shape index (κ1) is 21.0. The number of carboxylic acid groups (broad SMARTS) is 1. The molecule has 1 aliphatic rings. The number of carboxylic acids is 1. The number of rotatable bonds is 7. The van der Waals surface area contributed by atoms with Gasteiger partial charge in [0.05, 0.1) is 17.5 Å². The molecule has 0 amide bonds. The molecule has 0 saturated heterocycles. The second-order valence-electron chi connectivity index (χ2n) is 8.24. The predicted octanol–water partition coefficient (Wildman–Crippen LogP) is 5.01. The third-order valence-corrected chi connectivity index (χ3v) is 6.04. The second-order valence-corrected chi connectivity index (χ2v) is 8.24. The summed E-state index contributed by atoms with van der Waals surface area (Å²) in [6.45, 7) is 2.18. The minimum atomic E-state index is -2.76. The number of carbonyl (C=O) groups is 1. The van der Waals surface area contributed by atoms with E-state index < -0.39 is 18.1 Å². The average Bonchev–Trinajstić information content (AvgIpc) is 3.25. The summed E-state index contributed by atoms with van der Waals surface area (Å²) in [6.07, 6.45) is -0.994. The Morgan fingerprint density at radius 1 is 1.18 bits per heavy atom. The third kappa shape index (κ3) is 3.79. The number of alkyl halides is 2. The number of aryl methyl sites for hydroxylation is 1. The average molecular weight is 450 g/mol. The van der Waals surface area contributed by atoms with Crippen molar-refractivity contribution in [2.75, 3.05) is 0 Å². The van der Waals surface area contributed by atoms with Gasteiger partial charge in [-0.3, -0.25) is 4.68 Å². The molecule has 0 unspecified atom stereocenters. The molecule has 2 aromatic carbocycles. The Bertz CT molecular complexity index is 1320. The van der Waals surface area contributed by atoms with Crippen molar-refractivity contribution in [3.8, 4) is 11.6 Å². The minimum absolute atomic E-state index is 0.117. The van der Waals surface area contributed by atoms with Crippen LogP contribution in [0.3, 0.4) is 0 Å². The second kappa shape index (κ2) is 7.91. The van der Waals surface area contributed by atoms with Crippen LogP contribution in [0.15, 0.2) is 59.1 Å². The molecule has 1 aliphatic carbocycles. The molecule has 9 heteroatoms. The first-order valence-electron chi connectivity index (χ1n) is 10.5. The highest BCUT2D eigenvalue weighted by Crippen LogP contribution is 2.53. The summed E-state index contributed by atoms with van der Waals surface area (Å²) in [5, 5.41) is 17.3. The van der Waals surface area contributed by atoms with Gasteiger partial charge >= 0.3 is 5.97 Å². The van der Waals surface area contributed by atoms with Gasteiger partial charge in [-0.1, -0.05) is 41.6 Å². The molecule has 0 bridgehead atoms. The number of hydrogen-bond acceptors (Lipinski definition) is 5. The molecule has 1 fully saturated rings. The van der Waals surface area contributed by atoms with E-state index in [1.807, 2.05) is 25.1 Å². The van der Waals surface area contributed by atoms with Crippen molar-refractivity contribution in [3.63, 3.8) is 0 Å². The van der Waals surface area contributed by atoms with Gasteiger partial charge in [-0.05, 0) is 54.7 Å². The monoisotopic (exact) mass is 450 g/mol. The van der Waals surface area contributed by atoms with Gasteiger partial charge < -0.3 is 9.63 Å². The van der Waals surface area contributed by atoms with E-state index in [1.54, 1.807) is 12.1 Å². The van der Waals surface area contributed by atoms with Crippen LogP contribution in [0.25, 0.3) is 11.6 Å². The molecule has 168 valence electrons. The van der Waals surface area contributed by atoms with Crippen molar-refractivity contribution < 1.29 is 23.2 Å². The molecule has 0 aliphatic heterocycles. The van der Waals surface area contributed by atoms with Crippen LogP contribution in [-0.4, -0.2) is 31.0 Å². The molecular weight excluding hydrogens is 430 g/mol. The van der Waals surface area contributed by atoms with Gasteiger partial charge in [-0.15, -0.1) is 0 Å². The van der Waals surface area contributed by atoms with Crippen molar-refractivity contribution in [2.24, 2.45) is 0 Å². The Morgan fingerprint density at radius 3 is 2.55 bits per heavy atom. The van der Waals surface area contributed by atoms with Crippen LogP contribution in [-0.2, 0) is 12.0 Å². The summed E-state index contributed by atoms with van der Waals surface area (Å²) in [5.41, 5.74) is 2.67. The van der Waals surface area contributed by atoms with Crippen LogP contribution < -0.4 is 0 Å². The maximum atomic E-state index is 13.4. The van der Waals surface area contributed by atoms with Gasteiger partial charge in [0.25, 0.3) is 12.3 Å². The first-order valence-corrected chi connectivity index (χ1v) is 10.5. The maximum Gasteiger partial charge on any atom is 0.335 e. The van der Waals surface area contributed by atoms with E-state index in [4.69, 9.17) is 9.63 Å². The van der Waals surface area contributed by atoms with E-state index in [2.05, 4.69) is 21.3 Å². The lowest BCUT2D eigenvalue weighted by Crippen LogP contribution is -2.12. The van der Waals surface area contributed by atoms with E-state index in [9.17, 15) is 13.6 Å². The molecule has 5 rings (SSSR count). The number of benzene rings is 2. The standard InChI is InChI=1S/C24H20F2N4O3/c1-14-4-2-3-5-17(14)24(10-11-24)23-27-21(33-29-23)19-12-18(20(25)26)28-30(19)13-15-6-8-16(9-7-15)22(31)32/h2-9,12,20H,10-11,13H2,1H3,(H,31,32). The maximum absolute atomic E-state index is 13.4. The number of halogens is 2. The third-order valence-electron chi connectivity index (χ3n) is 6.04. The van der Waals surface area contributed by atoms with E-state index in [-0.39, 0.29) is 29.1 Å². The van der Waals surface area contributed by atoms with Crippen LogP contribution in [0.5, 0.6) is 0 Å². The zero-order chi connectivity index (χ0) is 23.2. The van der Waals surface area contributed by atoms with Crippen molar-refractivity contribution in [2.45, 2.75) is 38.2 Å². The summed E-state index contributed by atoms with van der Waals surface area (Å²) >= 11 is 0. The van der Waals surface area contributed by atoms with E-state index in [1.165, 1.54) is 22.9 Å². The molecule has 0 radical (unpaired) electrons. The molecule has 33 heavy (non-hydrogen) atoms. The lowest BCUT2D eigenvalue weighted by molar-refractivity contribution is 0.0697. The number of aromatic nitrogens is 4. The largest absolute Gasteiger partial charge is 0.478 e. The predicted molar refractivity (Wildman–Crippen MR) is 114 cm³/mol. The van der Waals surface area contributed by atoms with E-state index in [0.717, 1.165) is 24.0 Å². The normalized spacial score (nSPS) is 14.5. The molecule has 1 N–H and O–H groups in total. The zero-order valence-electron chi connectivity index (χ0n) is 17.7. The van der Waals surface area contributed by atoms with E-state index >= 15 is 0 Å². The first-order chi connectivity index (χ1) is 15.9. The lowest BCUT2D eigenvalue weighted by Gasteiger charge is -2.13. The number of hydrogen-bond donors (Lipinski definition) is 1. The van der Waals surface area contributed by atoms with Crippen molar-refractivity contribution in [1.29, 1.82) is 0 Å². The van der Waals surface area contributed by atoms with Gasteiger partial charge in [0.15, 0.2) is 5.82 Å². The summed E-state index contributed by atoms with van der Waals surface area (Å²) in [6, 6.07) is 15.4. The highest BCUT2D eigenvalue weighted by Gasteiger charge is 2.50. The Labute approximate surface area is 187 Å². The number of nitrogens with zero attached hydrogens (tertiary/aromatic N) is 4. The fourth-order valence-electron chi connectivity index (χ4n) is 4.13. The van der Waals surface area contributed by atoms with Gasteiger partial charge in [-0.2, -0.15) is 10.1 Å². The van der Waals surface area contributed by atoms with Crippen molar-refractivity contribution >= 4 is 5.97 Å². The highest BCUT2D eigenvalue weighted by molar-refractivity contribution is 5.87. The van der Waals surface area contributed by atoms with Crippen LogP contribution in [0.4, 0.5) is 8.78 Å². The van der Waals surface area contributed by atoms with Gasteiger partial charge in [0.2, 0.25) is 0 Å². The quantitative estimate of drug-likeness (QED) is 0.426. The summed E-state index contributed by atoms with van der Waals surface area (Å²) in [5.74, 6) is -0.391. The van der Waals surface area contributed by atoms with Crippen molar-refractivity contribution in [1.82, 2.24) is 19.9 Å². The van der Waals surface area contributed by atoms with Crippen LogP contribution in [0.2, 0.25) is 0 Å². The molecule has 1 saturated carbocycles. The Kier molecular flexibility index (Phi) is 5.03. The smallest absolute Gasteiger partial charge is 0.335 e. The van der Waals surface area contributed by atoms with E-state index in [0.29, 0.717) is 11.4 Å². The van der Waals surface area contributed by atoms with Crippen LogP contribution in [0, 0.1) is 6.92 Å². The van der Waals surface area contributed by atoms with Gasteiger partial charge in [0, 0.05) is 0 Å². The summed E-state index contributed by atoms with van der Waals surface area (Å²) < 4.78 is 33.7. The molecule has 0 spiro atoms. The van der Waals surface area contributed by atoms with Crippen LogP contribution in [0.1, 0.15) is 57.8 Å². The lowest BCUT2D eigenvalue weighted by atomic mass is 9.91. The summed E-state index contributed by atoms with van der Waals surface area (Å²) in [4.78, 5) is 15.7.